The summed E-state index contributed by atoms with van der Waals surface area (Å²) < 4.78 is 0. The molecule has 1 N–H and O–H groups in total. The third-order valence-corrected chi connectivity index (χ3v) is 2.90. The summed E-state index contributed by atoms with van der Waals surface area (Å²) in [5.74, 6) is 0.784. The van der Waals surface area contributed by atoms with Gasteiger partial charge in [-0.15, -0.1) is 0 Å². The SMILES string of the molecule is C[C@H](NCc1ncccn1)c1ccccc1Cl. The van der Waals surface area contributed by atoms with Gasteiger partial charge in [-0.2, -0.15) is 0 Å². The van der Waals surface area contributed by atoms with Gasteiger partial charge < -0.3 is 5.32 Å². The summed E-state index contributed by atoms with van der Waals surface area (Å²) in [6, 6.07) is 9.81. The minimum atomic E-state index is 0.174. The highest BCUT2D eigenvalue weighted by molar-refractivity contribution is 6.31. The van der Waals surface area contributed by atoms with Gasteiger partial charge in [0.15, 0.2) is 0 Å². The summed E-state index contributed by atoms with van der Waals surface area (Å²) >= 11 is 6.13. The van der Waals surface area contributed by atoms with E-state index in [1.54, 1.807) is 18.5 Å². The second-order valence-corrected chi connectivity index (χ2v) is 4.20. The molecule has 1 heterocycles. The van der Waals surface area contributed by atoms with Crippen molar-refractivity contribution in [3.8, 4) is 0 Å². The molecule has 1 aromatic carbocycles. The molecule has 2 aromatic rings. The number of hydrogen-bond donors (Lipinski definition) is 1. The van der Waals surface area contributed by atoms with Crippen molar-refractivity contribution < 1.29 is 0 Å². The molecule has 88 valence electrons. The molecule has 0 spiro atoms. The van der Waals surface area contributed by atoms with E-state index >= 15 is 0 Å². The molecule has 1 aromatic heterocycles. The average Bonchev–Trinajstić information content (AvgIpc) is 2.38. The summed E-state index contributed by atoms with van der Waals surface area (Å²) in [6.45, 7) is 2.71. The lowest BCUT2D eigenvalue weighted by Crippen LogP contribution is -2.19. The fraction of sp³-hybridized carbons (Fsp3) is 0.231. The molecular formula is C13H14ClN3. The first-order chi connectivity index (χ1) is 8.27. The fourth-order valence-electron chi connectivity index (χ4n) is 1.60. The Morgan fingerprint density at radius 1 is 1.18 bits per heavy atom. The third-order valence-electron chi connectivity index (χ3n) is 2.56. The Morgan fingerprint density at radius 3 is 2.59 bits per heavy atom. The molecule has 0 saturated carbocycles. The van der Waals surface area contributed by atoms with Crippen molar-refractivity contribution in [1.29, 1.82) is 0 Å². The number of nitrogens with one attached hydrogen (secondary N) is 1. The summed E-state index contributed by atoms with van der Waals surface area (Å²) in [5, 5.41) is 4.13. The zero-order valence-electron chi connectivity index (χ0n) is 9.60. The van der Waals surface area contributed by atoms with Gasteiger partial charge in [0.2, 0.25) is 0 Å². The van der Waals surface area contributed by atoms with Gasteiger partial charge >= 0.3 is 0 Å². The van der Waals surface area contributed by atoms with Gasteiger partial charge in [0.05, 0.1) is 6.54 Å². The summed E-state index contributed by atoms with van der Waals surface area (Å²) in [5.41, 5.74) is 1.09. The van der Waals surface area contributed by atoms with Crippen LogP contribution in [0, 0.1) is 0 Å². The van der Waals surface area contributed by atoms with Crippen LogP contribution in [0.4, 0.5) is 0 Å². The first-order valence-corrected chi connectivity index (χ1v) is 5.89. The average molecular weight is 248 g/mol. The van der Waals surface area contributed by atoms with Gasteiger partial charge in [0.25, 0.3) is 0 Å². The van der Waals surface area contributed by atoms with Gasteiger partial charge in [-0.3, -0.25) is 0 Å². The number of hydrogen-bond acceptors (Lipinski definition) is 3. The van der Waals surface area contributed by atoms with E-state index in [0.717, 1.165) is 16.4 Å². The van der Waals surface area contributed by atoms with E-state index in [9.17, 15) is 0 Å². The largest absolute Gasteiger partial charge is 0.303 e. The first kappa shape index (κ1) is 12.0. The molecule has 1 atom stereocenters. The lowest BCUT2D eigenvalue weighted by Gasteiger charge is -2.14. The minimum absolute atomic E-state index is 0.174. The quantitative estimate of drug-likeness (QED) is 0.903. The van der Waals surface area contributed by atoms with Crippen molar-refractivity contribution in [3.63, 3.8) is 0 Å². The van der Waals surface area contributed by atoms with E-state index in [1.807, 2.05) is 24.3 Å². The van der Waals surface area contributed by atoms with Crippen molar-refractivity contribution in [1.82, 2.24) is 15.3 Å². The van der Waals surface area contributed by atoms with E-state index in [0.29, 0.717) is 6.54 Å². The van der Waals surface area contributed by atoms with Crippen LogP contribution in [0.15, 0.2) is 42.7 Å². The second-order valence-electron chi connectivity index (χ2n) is 3.79. The number of halogens is 1. The van der Waals surface area contributed by atoms with Crippen LogP contribution in [0.1, 0.15) is 24.4 Å². The monoisotopic (exact) mass is 247 g/mol. The van der Waals surface area contributed by atoms with Gasteiger partial charge in [-0.05, 0) is 24.6 Å². The Morgan fingerprint density at radius 2 is 1.88 bits per heavy atom. The molecule has 0 aliphatic carbocycles. The van der Waals surface area contributed by atoms with E-state index in [2.05, 4.69) is 22.2 Å². The van der Waals surface area contributed by atoms with Crippen molar-refractivity contribution in [2.24, 2.45) is 0 Å². The zero-order chi connectivity index (χ0) is 12.1. The van der Waals surface area contributed by atoms with Gasteiger partial charge in [-0.25, -0.2) is 9.97 Å². The fourth-order valence-corrected chi connectivity index (χ4v) is 1.90. The maximum atomic E-state index is 6.13. The molecule has 4 heteroatoms. The van der Waals surface area contributed by atoms with Crippen molar-refractivity contribution in [2.75, 3.05) is 0 Å². The highest BCUT2D eigenvalue weighted by atomic mass is 35.5. The van der Waals surface area contributed by atoms with Crippen LogP contribution >= 0.6 is 11.6 Å². The summed E-state index contributed by atoms with van der Waals surface area (Å²) in [7, 11) is 0. The second kappa shape index (κ2) is 5.75. The maximum absolute atomic E-state index is 6.13. The smallest absolute Gasteiger partial charge is 0.141 e. The third kappa shape index (κ3) is 3.25. The molecule has 0 bridgehead atoms. The van der Waals surface area contributed by atoms with Crippen molar-refractivity contribution in [2.45, 2.75) is 19.5 Å². The Kier molecular flexibility index (Phi) is 4.07. The molecule has 0 fully saturated rings. The summed E-state index contributed by atoms with van der Waals surface area (Å²) in [4.78, 5) is 8.32. The standard InChI is InChI=1S/C13H14ClN3/c1-10(11-5-2-3-6-12(11)14)17-9-13-15-7-4-8-16-13/h2-8,10,17H,9H2,1H3/t10-/m0/s1. The van der Waals surface area contributed by atoms with Crippen LogP contribution in [-0.2, 0) is 6.54 Å². The van der Waals surface area contributed by atoms with Gasteiger partial charge in [0, 0.05) is 23.5 Å². The van der Waals surface area contributed by atoms with Crippen LogP contribution in [0.3, 0.4) is 0 Å². The van der Waals surface area contributed by atoms with E-state index in [1.165, 1.54) is 0 Å². The molecule has 0 radical (unpaired) electrons. The van der Waals surface area contributed by atoms with Crippen LogP contribution in [0.5, 0.6) is 0 Å². The van der Waals surface area contributed by atoms with Gasteiger partial charge in [-0.1, -0.05) is 29.8 Å². The summed E-state index contributed by atoms with van der Waals surface area (Å²) in [6.07, 6.45) is 3.48. The zero-order valence-corrected chi connectivity index (χ0v) is 10.4. The van der Waals surface area contributed by atoms with Crippen LogP contribution in [0.2, 0.25) is 5.02 Å². The molecule has 0 amide bonds. The van der Waals surface area contributed by atoms with Gasteiger partial charge in [0.1, 0.15) is 5.82 Å². The predicted octanol–water partition coefficient (Wildman–Crippen LogP) is 2.98. The lowest BCUT2D eigenvalue weighted by atomic mass is 10.1. The molecule has 0 saturated heterocycles. The molecule has 0 aliphatic heterocycles. The molecule has 0 unspecified atom stereocenters. The molecule has 2 rings (SSSR count). The minimum Gasteiger partial charge on any atom is -0.303 e. The Labute approximate surface area is 106 Å². The van der Waals surface area contributed by atoms with E-state index in [4.69, 9.17) is 11.6 Å². The number of rotatable bonds is 4. The number of benzene rings is 1. The topological polar surface area (TPSA) is 37.8 Å². The number of nitrogens with zero attached hydrogens (tertiary/aromatic N) is 2. The maximum Gasteiger partial charge on any atom is 0.141 e. The first-order valence-electron chi connectivity index (χ1n) is 5.51. The molecular weight excluding hydrogens is 234 g/mol. The lowest BCUT2D eigenvalue weighted by molar-refractivity contribution is 0.559. The number of aromatic nitrogens is 2. The predicted molar refractivity (Wildman–Crippen MR) is 68.7 cm³/mol. The van der Waals surface area contributed by atoms with Crippen LogP contribution < -0.4 is 5.32 Å². The Balaban J connectivity index is 1.99. The van der Waals surface area contributed by atoms with Crippen LogP contribution in [0.25, 0.3) is 0 Å². The van der Waals surface area contributed by atoms with E-state index < -0.39 is 0 Å². The molecule has 17 heavy (non-hydrogen) atoms. The Bertz CT molecular complexity index is 473. The van der Waals surface area contributed by atoms with Crippen molar-refractivity contribution in [3.05, 3.63) is 59.1 Å². The molecule has 3 nitrogen and oxygen atoms in total. The van der Waals surface area contributed by atoms with E-state index in [-0.39, 0.29) is 6.04 Å². The van der Waals surface area contributed by atoms with Crippen LogP contribution in [-0.4, -0.2) is 9.97 Å². The Hall–Kier alpha value is -1.45. The van der Waals surface area contributed by atoms with Crippen molar-refractivity contribution >= 4 is 11.6 Å². The molecule has 0 aliphatic rings. The normalized spacial score (nSPS) is 12.4. The highest BCUT2D eigenvalue weighted by Crippen LogP contribution is 2.22. The highest BCUT2D eigenvalue weighted by Gasteiger charge is 2.08.